The number of benzene rings is 2. The van der Waals surface area contributed by atoms with Gasteiger partial charge in [0.15, 0.2) is 0 Å². The van der Waals surface area contributed by atoms with Crippen molar-refractivity contribution in [2.24, 2.45) is 5.41 Å². The van der Waals surface area contributed by atoms with Crippen molar-refractivity contribution in [2.75, 3.05) is 0 Å². The van der Waals surface area contributed by atoms with Gasteiger partial charge in [-0.1, -0.05) is 74.9 Å². The molecule has 1 aliphatic carbocycles. The van der Waals surface area contributed by atoms with E-state index in [1.54, 1.807) is 0 Å². The summed E-state index contributed by atoms with van der Waals surface area (Å²) in [5.41, 5.74) is 3.68. The van der Waals surface area contributed by atoms with Crippen molar-refractivity contribution in [3.8, 4) is 0 Å². The van der Waals surface area contributed by atoms with E-state index < -0.39 is 0 Å². The molecular formula is C20H26O. The first-order valence-electron chi connectivity index (χ1n) is 7.80. The van der Waals surface area contributed by atoms with Crippen LogP contribution in [0.1, 0.15) is 38.4 Å². The van der Waals surface area contributed by atoms with E-state index in [4.69, 9.17) is 0 Å². The van der Waals surface area contributed by atoms with Crippen molar-refractivity contribution in [3.63, 3.8) is 0 Å². The Labute approximate surface area is 129 Å². The van der Waals surface area contributed by atoms with Crippen LogP contribution in [0.3, 0.4) is 0 Å². The molecule has 0 fully saturated rings. The number of carbonyl (C=O) groups excluding carboxylic acids is 1. The Morgan fingerprint density at radius 3 is 1.90 bits per heavy atom. The molecule has 0 radical (unpaired) electrons. The highest BCUT2D eigenvalue weighted by Gasteiger charge is 2.36. The van der Waals surface area contributed by atoms with Crippen molar-refractivity contribution >= 4 is 6.29 Å². The summed E-state index contributed by atoms with van der Waals surface area (Å²) in [4.78, 5) is 11.6. The van der Waals surface area contributed by atoms with E-state index in [0.29, 0.717) is 0 Å². The molecule has 2 aromatic rings. The van der Waals surface area contributed by atoms with Gasteiger partial charge in [-0.15, -0.1) is 0 Å². The first-order valence-corrected chi connectivity index (χ1v) is 7.80. The zero-order valence-corrected chi connectivity index (χ0v) is 13.0. The number of rotatable bonds is 3. The van der Waals surface area contributed by atoms with Gasteiger partial charge >= 0.3 is 0 Å². The van der Waals surface area contributed by atoms with Gasteiger partial charge in [-0.3, -0.25) is 0 Å². The van der Waals surface area contributed by atoms with E-state index in [1.807, 2.05) is 18.2 Å². The maximum atomic E-state index is 11.6. The summed E-state index contributed by atoms with van der Waals surface area (Å²) in [7, 11) is 0. The van der Waals surface area contributed by atoms with Crippen LogP contribution in [0.2, 0.25) is 0 Å². The molecular weight excluding hydrogens is 256 g/mol. The highest BCUT2D eigenvalue weighted by Crippen LogP contribution is 2.37. The van der Waals surface area contributed by atoms with Crippen LogP contribution in [-0.4, -0.2) is 6.29 Å². The molecule has 21 heavy (non-hydrogen) atoms. The van der Waals surface area contributed by atoms with Crippen molar-refractivity contribution in [3.05, 3.63) is 71.3 Å². The first kappa shape index (κ1) is 15.5. The van der Waals surface area contributed by atoms with Crippen LogP contribution in [-0.2, 0) is 24.1 Å². The zero-order chi connectivity index (χ0) is 15.1. The van der Waals surface area contributed by atoms with Gasteiger partial charge in [0.05, 0.1) is 0 Å². The quantitative estimate of drug-likeness (QED) is 0.734. The Balaban J connectivity index is 0.000000562. The Bertz CT molecular complexity index is 552. The van der Waals surface area contributed by atoms with Crippen molar-refractivity contribution in [1.29, 1.82) is 0 Å². The molecule has 3 rings (SSSR count). The molecule has 1 aliphatic rings. The number of hydrogen-bond acceptors (Lipinski definition) is 1. The second kappa shape index (κ2) is 7.21. The molecule has 0 spiro atoms. The molecule has 0 saturated carbocycles. The molecule has 2 aromatic carbocycles. The number of aldehydes is 1. The predicted molar refractivity (Wildman–Crippen MR) is 90.6 cm³/mol. The molecule has 0 N–H and O–H groups in total. The summed E-state index contributed by atoms with van der Waals surface area (Å²) in [6.45, 7) is 4.25. The van der Waals surface area contributed by atoms with E-state index in [2.05, 4.69) is 50.2 Å². The molecule has 1 nitrogen and oxygen atoms in total. The minimum absolute atomic E-state index is 0. The lowest BCUT2D eigenvalue weighted by atomic mass is 9.80. The average Bonchev–Trinajstić information content (AvgIpc) is 2.88. The summed E-state index contributed by atoms with van der Waals surface area (Å²) < 4.78 is 0. The Morgan fingerprint density at radius 2 is 1.43 bits per heavy atom. The SMILES string of the molecule is CCC.O=CC1(Cc2ccccc2)Cc2ccccc2C1.[HH]. The van der Waals surface area contributed by atoms with Crippen molar-refractivity contribution < 1.29 is 6.22 Å². The summed E-state index contributed by atoms with van der Waals surface area (Å²) in [5.74, 6) is 0. The molecule has 0 aromatic heterocycles. The second-order valence-corrected chi connectivity index (χ2v) is 5.97. The molecule has 0 bridgehead atoms. The predicted octanol–water partition coefficient (Wildman–Crippen LogP) is 4.88. The van der Waals surface area contributed by atoms with E-state index in [9.17, 15) is 4.79 Å². The third-order valence-electron chi connectivity index (χ3n) is 3.85. The number of hydrogen-bond donors (Lipinski definition) is 0. The summed E-state index contributed by atoms with van der Waals surface area (Å²) in [6.07, 6.45) is 5.01. The summed E-state index contributed by atoms with van der Waals surface area (Å²) in [5, 5.41) is 0. The second-order valence-electron chi connectivity index (χ2n) is 5.97. The number of carbonyl (C=O) groups is 1. The zero-order valence-electron chi connectivity index (χ0n) is 13.0. The fourth-order valence-corrected chi connectivity index (χ4v) is 2.98. The van der Waals surface area contributed by atoms with Crippen LogP contribution in [0.4, 0.5) is 0 Å². The smallest absolute Gasteiger partial charge is 0.127 e. The maximum absolute atomic E-state index is 11.6. The first-order chi connectivity index (χ1) is 10.2. The maximum Gasteiger partial charge on any atom is 0.127 e. The highest BCUT2D eigenvalue weighted by molar-refractivity contribution is 5.64. The molecule has 0 amide bonds. The molecule has 1 heteroatoms. The fraction of sp³-hybridized carbons (Fsp3) is 0.350. The molecule has 0 atom stereocenters. The van der Waals surface area contributed by atoms with Crippen LogP contribution in [0, 0.1) is 5.41 Å². The lowest BCUT2D eigenvalue weighted by Crippen LogP contribution is -2.26. The van der Waals surface area contributed by atoms with E-state index >= 15 is 0 Å². The molecule has 0 unspecified atom stereocenters. The minimum Gasteiger partial charge on any atom is -0.303 e. The van der Waals surface area contributed by atoms with Crippen LogP contribution >= 0.6 is 0 Å². The molecule has 0 saturated heterocycles. The van der Waals surface area contributed by atoms with Crippen LogP contribution in [0.5, 0.6) is 0 Å². The average molecular weight is 282 g/mol. The highest BCUT2D eigenvalue weighted by atomic mass is 16.1. The standard InChI is InChI=1S/C17H16O.C3H8.H2/c18-13-17(10-14-6-2-1-3-7-14)11-15-8-4-5-9-16(15)12-17;1-3-2;/h1-9,13H,10-12H2;3H2,1-2H3;1H. The van der Waals surface area contributed by atoms with E-state index in [-0.39, 0.29) is 6.84 Å². The molecule has 0 aliphatic heterocycles. The largest absolute Gasteiger partial charge is 0.303 e. The Morgan fingerprint density at radius 1 is 0.952 bits per heavy atom. The van der Waals surface area contributed by atoms with Gasteiger partial charge in [-0.25, -0.2) is 0 Å². The lowest BCUT2D eigenvalue weighted by molar-refractivity contribution is -0.115. The van der Waals surface area contributed by atoms with Gasteiger partial charge in [0, 0.05) is 6.84 Å². The monoisotopic (exact) mass is 282 g/mol. The van der Waals surface area contributed by atoms with Crippen LogP contribution in [0.15, 0.2) is 54.6 Å². The Kier molecular flexibility index (Phi) is 5.32. The van der Waals surface area contributed by atoms with Gasteiger partial charge in [0.2, 0.25) is 0 Å². The van der Waals surface area contributed by atoms with Crippen molar-refractivity contribution in [1.82, 2.24) is 0 Å². The van der Waals surface area contributed by atoms with E-state index in [1.165, 1.54) is 29.4 Å². The van der Waals surface area contributed by atoms with Gasteiger partial charge < -0.3 is 4.79 Å². The van der Waals surface area contributed by atoms with Gasteiger partial charge in [-0.05, 0) is 36.0 Å². The summed E-state index contributed by atoms with van der Waals surface area (Å²) >= 11 is 0. The minimum atomic E-state index is -0.231. The van der Waals surface area contributed by atoms with E-state index in [0.717, 1.165) is 19.3 Å². The molecule has 0 heterocycles. The van der Waals surface area contributed by atoms with Crippen molar-refractivity contribution in [2.45, 2.75) is 39.5 Å². The lowest BCUT2D eigenvalue weighted by Gasteiger charge is -2.21. The van der Waals surface area contributed by atoms with Gasteiger partial charge in [0.25, 0.3) is 0 Å². The summed E-state index contributed by atoms with van der Waals surface area (Å²) in [6, 6.07) is 18.7. The topological polar surface area (TPSA) is 17.1 Å². The fourth-order valence-electron chi connectivity index (χ4n) is 2.98. The van der Waals surface area contributed by atoms with Gasteiger partial charge in [0.1, 0.15) is 6.29 Å². The normalized spacial score (nSPS) is 14.8. The number of fused-ring (bicyclic) bond motifs is 1. The Hall–Kier alpha value is -1.89. The van der Waals surface area contributed by atoms with Crippen LogP contribution < -0.4 is 0 Å². The third-order valence-corrected chi connectivity index (χ3v) is 3.85. The van der Waals surface area contributed by atoms with Crippen LogP contribution in [0.25, 0.3) is 0 Å². The molecule has 112 valence electrons. The van der Waals surface area contributed by atoms with Gasteiger partial charge in [-0.2, -0.15) is 0 Å². The third kappa shape index (κ3) is 3.81.